The van der Waals surface area contributed by atoms with E-state index in [9.17, 15) is 9.59 Å². The highest BCUT2D eigenvalue weighted by atomic mass is 16.5. The molecule has 2 aromatic carbocycles. The molecule has 0 unspecified atom stereocenters. The third kappa shape index (κ3) is 4.48. The van der Waals surface area contributed by atoms with E-state index in [1.807, 2.05) is 61.5 Å². The number of nitrogens with zero attached hydrogens (tertiary/aromatic N) is 1. The summed E-state index contributed by atoms with van der Waals surface area (Å²) in [7, 11) is 0. The zero-order valence-electron chi connectivity index (χ0n) is 17.3. The van der Waals surface area contributed by atoms with E-state index in [0.29, 0.717) is 23.4 Å². The summed E-state index contributed by atoms with van der Waals surface area (Å²) < 4.78 is 11.4. The maximum absolute atomic E-state index is 12.5. The Kier molecular flexibility index (Phi) is 5.80. The quantitative estimate of drug-likeness (QED) is 0.477. The molecule has 1 N–H and O–H groups in total. The number of nitrogens with one attached hydrogen (secondary N) is 1. The van der Waals surface area contributed by atoms with E-state index in [2.05, 4.69) is 10.3 Å². The number of hydrogen-bond donors (Lipinski definition) is 1. The van der Waals surface area contributed by atoms with Gasteiger partial charge in [0.15, 0.2) is 6.10 Å². The van der Waals surface area contributed by atoms with Gasteiger partial charge in [-0.05, 0) is 49.2 Å². The van der Waals surface area contributed by atoms with Crippen LogP contribution in [0.3, 0.4) is 0 Å². The first-order valence-corrected chi connectivity index (χ1v) is 10.00. The normalized spacial score (nSPS) is 11.8. The smallest absolute Gasteiger partial charge is 0.336 e. The fraction of sp³-hybridized carbons (Fsp3) is 0.160. The van der Waals surface area contributed by atoms with Crippen molar-refractivity contribution < 1.29 is 13.9 Å². The SMILES string of the molecule is Cc1c(O[C@@H](C)C(=O)NCc2ccccn2)ccc2c(-c3ccccc3)cc(=O)oc12. The molecule has 0 radical (unpaired) electrons. The number of hydrogen-bond acceptors (Lipinski definition) is 5. The third-order valence-electron chi connectivity index (χ3n) is 5.04. The van der Waals surface area contributed by atoms with E-state index in [1.54, 1.807) is 19.2 Å². The van der Waals surface area contributed by atoms with Crippen molar-refractivity contribution >= 4 is 16.9 Å². The fourth-order valence-electron chi connectivity index (χ4n) is 3.40. The van der Waals surface area contributed by atoms with Crippen molar-refractivity contribution in [1.29, 1.82) is 0 Å². The van der Waals surface area contributed by atoms with Crippen LogP contribution in [0, 0.1) is 6.92 Å². The van der Waals surface area contributed by atoms with Crippen LogP contribution < -0.4 is 15.7 Å². The van der Waals surface area contributed by atoms with E-state index in [-0.39, 0.29) is 5.91 Å². The Morgan fingerprint density at radius 3 is 2.61 bits per heavy atom. The average Bonchev–Trinajstić information content (AvgIpc) is 2.80. The van der Waals surface area contributed by atoms with Crippen LogP contribution in [0.1, 0.15) is 18.2 Å². The summed E-state index contributed by atoms with van der Waals surface area (Å²) in [5.74, 6) is 0.228. The van der Waals surface area contributed by atoms with Crippen LogP contribution in [0.4, 0.5) is 0 Å². The van der Waals surface area contributed by atoms with Crippen molar-refractivity contribution in [3.63, 3.8) is 0 Å². The minimum absolute atomic E-state index is 0.260. The lowest BCUT2D eigenvalue weighted by molar-refractivity contribution is -0.127. The Morgan fingerprint density at radius 2 is 1.87 bits per heavy atom. The van der Waals surface area contributed by atoms with Crippen LogP contribution in [0.25, 0.3) is 22.1 Å². The van der Waals surface area contributed by atoms with E-state index in [1.165, 1.54) is 6.07 Å². The lowest BCUT2D eigenvalue weighted by Crippen LogP contribution is -2.36. The van der Waals surface area contributed by atoms with Gasteiger partial charge in [0.25, 0.3) is 5.91 Å². The third-order valence-corrected chi connectivity index (χ3v) is 5.04. The standard InChI is InChI=1S/C25H22N2O4/c1-16-22(30-17(2)25(29)27-15-19-10-6-7-13-26-19)12-11-20-21(14-23(28)31-24(16)20)18-8-4-3-5-9-18/h3-14,17H,15H2,1-2H3,(H,27,29)/t17-/m0/s1. The van der Waals surface area contributed by atoms with Gasteiger partial charge in [-0.1, -0.05) is 36.4 Å². The second-order valence-electron chi connectivity index (χ2n) is 7.21. The summed E-state index contributed by atoms with van der Waals surface area (Å²) in [5, 5.41) is 3.62. The molecule has 0 aliphatic rings. The minimum atomic E-state index is -0.733. The van der Waals surface area contributed by atoms with Crippen molar-refractivity contribution in [3.8, 4) is 16.9 Å². The highest BCUT2D eigenvalue weighted by Gasteiger charge is 2.18. The average molecular weight is 414 g/mol. The molecular weight excluding hydrogens is 392 g/mol. The Bertz CT molecular complexity index is 1270. The molecule has 4 rings (SSSR count). The van der Waals surface area contributed by atoms with E-state index in [4.69, 9.17) is 9.15 Å². The van der Waals surface area contributed by atoms with Crippen LogP contribution >= 0.6 is 0 Å². The summed E-state index contributed by atoms with van der Waals surface area (Å²) in [4.78, 5) is 28.9. The van der Waals surface area contributed by atoms with Crippen LogP contribution in [0.15, 0.2) is 82.1 Å². The number of amides is 1. The lowest BCUT2D eigenvalue weighted by Gasteiger charge is -2.17. The number of rotatable bonds is 6. The molecule has 0 bridgehead atoms. The number of fused-ring (bicyclic) bond motifs is 1. The summed E-state index contributed by atoms with van der Waals surface area (Å²) in [6.45, 7) is 3.81. The second kappa shape index (κ2) is 8.83. The maximum atomic E-state index is 12.5. The summed E-state index contributed by atoms with van der Waals surface area (Å²) >= 11 is 0. The molecule has 6 nitrogen and oxygen atoms in total. The topological polar surface area (TPSA) is 81.4 Å². The van der Waals surface area contributed by atoms with Gasteiger partial charge in [-0.25, -0.2) is 4.79 Å². The van der Waals surface area contributed by atoms with Crippen molar-refractivity contribution in [2.75, 3.05) is 0 Å². The lowest BCUT2D eigenvalue weighted by atomic mass is 10.00. The van der Waals surface area contributed by atoms with Gasteiger partial charge in [0, 0.05) is 23.2 Å². The summed E-state index contributed by atoms with van der Waals surface area (Å²) in [6, 6.07) is 20.3. The molecule has 0 saturated carbocycles. The maximum Gasteiger partial charge on any atom is 0.336 e. The largest absolute Gasteiger partial charge is 0.480 e. The van der Waals surface area contributed by atoms with E-state index >= 15 is 0 Å². The van der Waals surface area contributed by atoms with Gasteiger partial charge >= 0.3 is 5.63 Å². The molecule has 0 aliphatic carbocycles. The summed E-state index contributed by atoms with van der Waals surface area (Å²) in [6.07, 6.45) is 0.945. The number of carbonyl (C=O) groups is 1. The highest BCUT2D eigenvalue weighted by Crippen LogP contribution is 2.33. The van der Waals surface area contributed by atoms with E-state index in [0.717, 1.165) is 22.2 Å². The second-order valence-corrected chi connectivity index (χ2v) is 7.21. The number of benzene rings is 2. The first kappa shape index (κ1) is 20.3. The van der Waals surface area contributed by atoms with Crippen LogP contribution in [-0.2, 0) is 11.3 Å². The monoisotopic (exact) mass is 414 g/mol. The molecule has 156 valence electrons. The number of carbonyl (C=O) groups excluding carboxylic acids is 1. The fourth-order valence-corrected chi connectivity index (χ4v) is 3.40. The molecule has 31 heavy (non-hydrogen) atoms. The Labute approximate surface area is 179 Å². The Hall–Kier alpha value is -3.93. The first-order chi connectivity index (χ1) is 15.0. The molecule has 1 atom stereocenters. The molecule has 1 amide bonds. The van der Waals surface area contributed by atoms with E-state index < -0.39 is 11.7 Å². The molecule has 0 fully saturated rings. The molecule has 0 saturated heterocycles. The van der Waals surface area contributed by atoms with Crippen molar-refractivity contribution in [1.82, 2.24) is 10.3 Å². The number of pyridine rings is 1. The van der Waals surface area contributed by atoms with Gasteiger partial charge in [-0.15, -0.1) is 0 Å². The van der Waals surface area contributed by atoms with Crippen LogP contribution in [0.5, 0.6) is 5.75 Å². The zero-order valence-corrected chi connectivity index (χ0v) is 17.3. The van der Waals surface area contributed by atoms with Gasteiger partial charge < -0.3 is 14.5 Å². The van der Waals surface area contributed by atoms with Gasteiger partial charge in [0.1, 0.15) is 11.3 Å². The molecule has 6 heteroatoms. The van der Waals surface area contributed by atoms with Crippen molar-refractivity contribution in [2.24, 2.45) is 0 Å². The number of aromatic nitrogens is 1. The molecule has 2 aromatic heterocycles. The van der Waals surface area contributed by atoms with Crippen LogP contribution in [0.2, 0.25) is 0 Å². The van der Waals surface area contributed by atoms with Gasteiger partial charge in [-0.3, -0.25) is 9.78 Å². The summed E-state index contributed by atoms with van der Waals surface area (Å²) in [5.41, 5.74) is 3.16. The predicted molar refractivity (Wildman–Crippen MR) is 119 cm³/mol. The minimum Gasteiger partial charge on any atom is -0.480 e. The predicted octanol–water partition coefficient (Wildman–Crippen LogP) is 4.25. The first-order valence-electron chi connectivity index (χ1n) is 10.00. The Morgan fingerprint density at radius 1 is 1.10 bits per heavy atom. The number of aryl methyl sites for hydroxylation is 1. The Balaban J connectivity index is 1.58. The van der Waals surface area contributed by atoms with Gasteiger partial charge in [0.05, 0.1) is 12.2 Å². The molecular formula is C25H22N2O4. The van der Waals surface area contributed by atoms with Gasteiger partial charge in [-0.2, -0.15) is 0 Å². The molecule has 2 heterocycles. The molecule has 0 aliphatic heterocycles. The highest BCUT2D eigenvalue weighted by molar-refractivity contribution is 5.95. The zero-order chi connectivity index (χ0) is 21.8. The van der Waals surface area contributed by atoms with Crippen molar-refractivity contribution in [2.45, 2.75) is 26.5 Å². The van der Waals surface area contributed by atoms with Crippen LogP contribution in [-0.4, -0.2) is 17.0 Å². The molecule has 0 spiro atoms. The molecule has 4 aromatic rings. The number of ether oxygens (including phenoxy) is 1. The van der Waals surface area contributed by atoms with Crippen molar-refractivity contribution in [3.05, 3.63) is 94.6 Å². The van der Waals surface area contributed by atoms with Gasteiger partial charge in [0.2, 0.25) is 0 Å².